The summed E-state index contributed by atoms with van der Waals surface area (Å²) in [4.78, 5) is 0. The molecule has 1 unspecified atom stereocenters. The van der Waals surface area contributed by atoms with E-state index in [0.29, 0.717) is 0 Å². The zero-order chi connectivity index (χ0) is 10.6. The number of halogens is 2. The number of rotatable bonds is 4. The van der Waals surface area contributed by atoms with E-state index in [1.54, 1.807) is 0 Å². The summed E-state index contributed by atoms with van der Waals surface area (Å²) < 4.78 is 13.8. The number of hydrogen-bond donors (Lipinski definition) is 1. The Balaban J connectivity index is 2.96. The smallest absolute Gasteiger partial charge is 0.124 e. The van der Waals surface area contributed by atoms with Crippen LogP contribution in [0.1, 0.15) is 18.0 Å². The molecule has 0 radical (unpaired) electrons. The minimum absolute atomic E-state index is 0.125. The highest BCUT2D eigenvalue weighted by Gasteiger charge is 2.08. The van der Waals surface area contributed by atoms with E-state index in [9.17, 15) is 4.39 Å². The van der Waals surface area contributed by atoms with E-state index in [2.05, 4.69) is 27.8 Å². The molecule has 1 aromatic carbocycles. The van der Waals surface area contributed by atoms with Crippen LogP contribution in [-0.4, -0.2) is 7.05 Å². The summed E-state index contributed by atoms with van der Waals surface area (Å²) in [7, 11) is 1.85. The fourth-order valence-corrected chi connectivity index (χ4v) is 1.85. The molecule has 1 rings (SSSR count). The van der Waals surface area contributed by atoms with Crippen molar-refractivity contribution in [3.05, 3.63) is 46.7 Å². The van der Waals surface area contributed by atoms with Crippen LogP contribution in [0, 0.1) is 5.82 Å². The Morgan fingerprint density at radius 1 is 1.57 bits per heavy atom. The van der Waals surface area contributed by atoms with Crippen molar-refractivity contribution in [2.24, 2.45) is 0 Å². The zero-order valence-electron chi connectivity index (χ0n) is 8.06. The molecule has 0 aliphatic heterocycles. The van der Waals surface area contributed by atoms with Gasteiger partial charge in [0.25, 0.3) is 0 Å². The predicted molar refractivity (Wildman–Crippen MR) is 60.7 cm³/mol. The van der Waals surface area contributed by atoms with Gasteiger partial charge in [-0.2, -0.15) is 0 Å². The van der Waals surface area contributed by atoms with Crippen LogP contribution in [0.5, 0.6) is 0 Å². The SMILES string of the molecule is C=CCC(NC)c1cc(F)cc(Br)c1. The molecular formula is C11H13BrFN. The first kappa shape index (κ1) is 11.4. The molecule has 14 heavy (non-hydrogen) atoms. The van der Waals surface area contributed by atoms with E-state index in [1.807, 2.05) is 19.2 Å². The van der Waals surface area contributed by atoms with Gasteiger partial charge in [0.05, 0.1) is 0 Å². The summed E-state index contributed by atoms with van der Waals surface area (Å²) in [5.41, 5.74) is 0.930. The summed E-state index contributed by atoms with van der Waals surface area (Å²) in [6, 6.07) is 5.02. The van der Waals surface area contributed by atoms with E-state index in [1.165, 1.54) is 12.1 Å². The van der Waals surface area contributed by atoms with Gasteiger partial charge in [0.2, 0.25) is 0 Å². The van der Waals surface area contributed by atoms with Crippen LogP contribution in [0.3, 0.4) is 0 Å². The standard InChI is InChI=1S/C11H13BrFN/c1-3-4-11(14-2)8-5-9(12)7-10(13)6-8/h3,5-7,11,14H,1,4H2,2H3. The van der Waals surface area contributed by atoms with Crippen molar-refractivity contribution in [2.75, 3.05) is 7.05 Å². The summed E-state index contributed by atoms with van der Waals surface area (Å²) >= 11 is 3.27. The van der Waals surface area contributed by atoms with Gasteiger partial charge in [0.1, 0.15) is 5.82 Å². The van der Waals surface area contributed by atoms with Crippen LogP contribution in [0.4, 0.5) is 4.39 Å². The first-order valence-electron chi connectivity index (χ1n) is 4.41. The number of nitrogens with one attached hydrogen (secondary N) is 1. The lowest BCUT2D eigenvalue weighted by Crippen LogP contribution is -2.15. The highest BCUT2D eigenvalue weighted by molar-refractivity contribution is 9.10. The van der Waals surface area contributed by atoms with E-state index in [4.69, 9.17) is 0 Å². The van der Waals surface area contributed by atoms with Crippen LogP contribution in [-0.2, 0) is 0 Å². The van der Waals surface area contributed by atoms with Crippen molar-refractivity contribution in [3.8, 4) is 0 Å². The second-order valence-corrected chi connectivity index (χ2v) is 3.98. The van der Waals surface area contributed by atoms with Gasteiger partial charge in [-0.3, -0.25) is 0 Å². The van der Waals surface area contributed by atoms with Crippen LogP contribution < -0.4 is 5.32 Å². The maximum absolute atomic E-state index is 13.1. The monoisotopic (exact) mass is 257 g/mol. The predicted octanol–water partition coefficient (Wildman–Crippen LogP) is 3.42. The van der Waals surface area contributed by atoms with Crippen LogP contribution in [0.15, 0.2) is 35.3 Å². The molecule has 76 valence electrons. The maximum atomic E-state index is 13.1. The summed E-state index contributed by atoms with van der Waals surface area (Å²) in [5.74, 6) is -0.223. The van der Waals surface area contributed by atoms with Gasteiger partial charge >= 0.3 is 0 Å². The Bertz CT molecular complexity index is 305. The molecule has 1 aromatic rings. The molecule has 1 nitrogen and oxygen atoms in total. The molecule has 3 heteroatoms. The Labute approximate surface area is 92.1 Å². The number of benzene rings is 1. The average Bonchev–Trinajstić information content (AvgIpc) is 2.12. The summed E-state index contributed by atoms with van der Waals surface area (Å²) in [5, 5.41) is 3.11. The molecule has 0 heterocycles. The number of hydrogen-bond acceptors (Lipinski definition) is 1. The molecule has 0 amide bonds. The van der Waals surface area contributed by atoms with Crippen LogP contribution >= 0.6 is 15.9 Å². The second kappa shape index (κ2) is 5.27. The Morgan fingerprint density at radius 3 is 2.79 bits per heavy atom. The van der Waals surface area contributed by atoms with Gasteiger partial charge in [-0.1, -0.05) is 22.0 Å². The first-order valence-corrected chi connectivity index (χ1v) is 5.21. The Hall–Kier alpha value is -0.670. The zero-order valence-corrected chi connectivity index (χ0v) is 9.64. The molecule has 0 aliphatic rings. The molecular weight excluding hydrogens is 245 g/mol. The van der Waals surface area contributed by atoms with Gasteiger partial charge in [-0.25, -0.2) is 4.39 Å². The lowest BCUT2D eigenvalue weighted by atomic mass is 10.0. The molecule has 0 aromatic heterocycles. The third-order valence-corrected chi connectivity index (χ3v) is 2.50. The molecule has 0 saturated carbocycles. The molecule has 0 saturated heterocycles. The van der Waals surface area contributed by atoms with Crippen LogP contribution in [0.25, 0.3) is 0 Å². The first-order chi connectivity index (χ1) is 6.67. The average molecular weight is 258 g/mol. The highest BCUT2D eigenvalue weighted by atomic mass is 79.9. The van der Waals surface area contributed by atoms with Gasteiger partial charge in [-0.15, -0.1) is 6.58 Å². The fraction of sp³-hybridized carbons (Fsp3) is 0.273. The van der Waals surface area contributed by atoms with Gasteiger partial charge in [0, 0.05) is 10.5 Å². The topological polar surface area (TPSA) is 12.0 Å². The van der Waals surface area contributed by atoms with E-state index >= 15 is 0 Å². The molecule has 0 bridgehead atoms. The lowest BCUT2D eigenvalue weighted by Gasteiger charge is -2.14. The van der Waals surface area contributed by atoms with Crippen LogP contribution in [0.2, 0.25) is 0 Å². The highest BCUT2D eigenvalue weighted by Crippen LogP contribution is 2.22. The van der Waals surface area contributed by atoms with Gasteiger partial charge in [-0.05, 0) is 37.2 Å². The molecule has 1 atom stereocenters. The van der Waals surface area contributed by atoms with E-state index in [0.717, 1.165) is 16.5 Å². The third kappa shape index (κ3) is 2.93. The van der Waals surface area contributed by atoms with E-state index in [-0.39, 0.29) is 11.9 Å². The van der Waals surface area contributed by atoms with Gasteiger partial charge < -0.3 is 5.32 Å². The fourth-order valence-electron chi connectivity index (χ4n) is 1.36. The van der Waals surface area contributed by atoms with E-state index < -0.39 is 0 Å². The van der Waals surface area contributed by atoms with Gasteiger partial charge in [0.15, 0.2) is 0 Å². The second-order valence-electron chi connectivity index (χ2n) is 3.07. The molecule has 0 spiro atoms. The Kier molecular flexibility index (Phi) is 4.29. The van der Waals surface area contributed by atoms with Crippen molar-refractivity contribution in [1.29, 1.82) is 0 Å². The largest absolute Gasteiger partial charge is 0.313 e. The van der Waals surface area contributed by atoms with Crippen molar-refractivity contribution < 1.29 is 4.39 Å². The summed E-state index contributed by atoms with van der Waals surface area (Å²) in [6.07, 6.45) is 2.60. The normalized spacial score (nSPS) is 12.5. The maximum Gasteiger partial charge on any atom is 0.124 e. The summed E-state index contributed by atoms with van der Waals surface area (Å²) in [6.45, 7) is 3.67. The molecule has 0 fully saturated rings. The van der Waals surface area contributed by atoms with Crippen molar-refractivity contribution >= 4 is 15.9 Å². The molecule has 0 aliphatic carbocycles. The van der Waals surface area contributed by atoms with Crippen molar-refractivity contribution in [3.63, 3.8) is 0 Å². The molecule has 1 N–H and O–H groups in total. The minimum atomic E-state index is -0.223. The minimum Gasteiger partial charge on any atom is -0.313 e. The third-order valence-electron chi connectivity index (χ3n) is 2.04. The lowest BCUT2D eigenvalue weighted by molar-refractivity contribution is 0.584. The Morgan fingerprint density at radius 2 is 2.29 bits per heavy atom. The van der Waals surface area contributed by atoms with Crippen molar-refractivity contribution in [2.45, 2.75) is 12.5 Å². The quantitative estimate of drug-likeness (QED) is 0.816. The van der Waals surface area contributed by atoms with Crippen molar-refractivity contribution in [1.82, 2.24) is 5.32 Å².